The van der Waals surface area contributed by atoms with Crippen molar-refractivity contribution in [2.24, 2.45) is 0 Å². The zero-order valence-electron chi connectivity index (χ0n) is 12.0. The van der Waals surface area contributed by atoms with Gasteiger partial charge in [-0.05, 0) is 37.4 Å². The zero-order chi connectivity index (χ0) is 14.1. The summed E-state index contributed by atoms with van der Waals surface area (Å²) in [5.74, 6) is 0. The lowest BCUT2D eigenvalue weighted by Crippen LogP contribution is -2.19. The first kappa shape index (κ1) is 13.0. The maximum Gasteiger partial charge on any atom is 0.0794 e. The topological polar surface area (TPSA) is 29.9 Å². The Balaban J connectivity index is 1.60. The molecule has 1 fully saturated rings. The molecule has 21 heavy (non-hydrogen) atoms. The number of hydrogen-bond acceptors (Lipinski definition) is 3. The van der Waals surface area contributed by atoms with Crippen LogP contribution in [0.1, 0.15) is 23.3 Å². The minimum atomic E-state index is 0.788. The van der Waals surface area contributed by atoms with Crippen LogP contribution in [0.2, 0.25) is 0 Å². The first-order valence-electron chi connectivity index (χ1n) is 7.57. The van der Waals surface area contributed by atoms with Crippen molar-refractivity contribution in [3.05, 3.63) is 52.6 Å². The van der Waals surface area contributed by atoms with E-state index in [1.807, 2.05) is 11.7 Å². The van der Waals surface area contributed by atoms with E-state index in [0.717, 1.165) is 25.6 Å². The number of rotatable bonds is 6. The Kier molecular flexibility index (Phi) is 3.49. The Hall–Kier alpha value is -1.65. The lowest BCUT2D eigenvalue weighted by Gasteiger charge is -2.02. The third kappa shape index (κ3) is 2.87. The molecule has 4 rings (SSSR count). The number of fused-ring (bicyclic) bond motifs is 1. The molecule has 4 heteroatoms. The van der Waals surface area contributed by atoms with Crippen LogP contribution in [0.3, 0.4) is 0 Å². The van der Waals surface area contributed by atoms with E-state index in [2.05, 4.69) is 45.3 Å². The molecule has 1 aromatic carbocycles. The van der Waals surface area contributed by atoms with Crippen LogP contribution in [0.5, 0.6) is 0 Å². The van der Waals surface area contributed by atoms with Crippen LogP contribution >= 0.6 is 11.3 Å². The van der Waals surface area contributed by atoms with E-state index < -0.39 is 0 Å². The van der Waals surface area contributed by atoms with Crippen LogP contribution in [0.25, 0.3) is 10.9 Å². The highest BCUT2D eigenvalue weighted by Gasteiger charge is 2.20. The van der Waals surface area contributed by atoms with Crippen LogP contribution in [0.15, 0.2) is 42.2 Å². The van der Waals surface area contributed by atoms with Crippen molar-refractivity contribution in [2.45, 2.75) is 31.8 Å². The van der Waals surface area contributed by atoms with E-state index in [1.165, 1.54) is 34.2 Å². The van der Waals surface area contributed by atoms with E-state index in [1.54, 1.807) is 11.3 Å². The molecule has 0 atom stereocenters. The minimum absolute atomic E-state index is 0.788. The van der Waals surface area contributed by atoms with Crippen LogP contribution in [0, 0.1) is 0 Å². The fourth-order valence-electron chi connectivity index (χ4n) is 2.84. The standard InChI is InChI=1S/C17H19N3S/c1-2-4-17-16(3-1)13(7-8-19-14-5-6-14)10-20(17)11-15-9-18-12-21-15/h1-4,9-10,12,14,19H,5-8,11H2. The van der Waals surface area contributed by atoms with Crippen molar-refractivity contribution in [1.29, 1.82) is 0 Å². The van der Waals surface area contributed by atoms with Gasteiger partial charge < -0.3 is 9.88 Å². The third-order valence-electron chi connectivity index (χ3n) is 4.09. The zero-order valence-corrected chi connectivity index (χ0v) is 12.8. The largest absolute Gasteiger partial charge is 0.342 e. The van der Waals surface area contributed by atoms with Crippen LogP contribution in [-0.4, -0.2) is 22.1 Å². The van der Waals surface area contributed by atoms with E-state index in [0.29, 0.717) is 0 Å². The summed E-state index contributed by atoms with van der Waals surface area (Å²) >= 11 is 1.72. The maximum absolute atomic E-state index is 4.18. The lowest BCUT2D eigenvalue weighted by molar-refractivity contribution is 0.682. The van der Waals surface area contributed by atoms with E-state index in [4.69, 9.17) is 0 Å². The molecule has 0 spiro atoms. The predicted octanol–water partition coefficient (Wildman–Crippen LogP) is 3.44. The summed E-state index contributed by atoms with van der Waals surface area (Å²) in [5.41, 5.74) is 4.68. The number of nitrogens with zero attached hydrogens (tertiary/aromatic N) is 2. The van der Waals surface area contributed by atoms with Gasteiger partial charge in [0.05, 0.1) is 12.1 Å². The first-order chi connectivity index (χ1) is 10.4. The van der Waals surface area contributed by atoms with E-state index >= 15 is 0 Å². The molecule has 3 nitrogen and oxygen atoms in total. The summed E-state index contributed by atoms with van der Waals surface area (Å²) in [4.78, 5) is 5.48. The number of thiazole rings is 1. The van der Waals surface area contributed by atoms with Gasteiger partial charge in [-0.1, -0.05) is 18.2 Å². The molecule has 1 aliphatic carbocycles. The van der Waals surface area contributed by atoms with Gasteiger partial charge in [-0.25, -0.2) is 0 Å². The summed E-state index contributed by atoms with van der Waals surface area (Å²) in [6.07, 6.45) is 8.10. The molecule has 2 aromatic heterocycles. The Labute approximate surface area is 128 Å². The summed E-state index contributed by atoms with van der Waals surface area (Å²) in [5, 5.41) is 5.00. The molecule has 0 amide bonds. The Morgan fingerprint density at radius 3 is 3.00 bits per heavy atom. The van der Waals surface area contributed by atoms with Gasteiger partial charge in [0, 0.05) is 34.2 Å². The summed E-state index contributed by atoms with van der Waals surface area (Å²) < 4.78 is 2.36. The van der Waals surface area contributed by atoms with Crippen molar-refractivity contribution < 1.29 is 0 Å². The number of para-hydroxylation sites is 1. The molecule has 1 saturated carbocycles. The molecular formula is C17H19N3S. The van der Waals surface area contributed by atoms with E-state index in [-0.39, 0.29) is 0 Å². The van der Waals surface area contributed by atoms with Crippen LogP contribution in [-0.2, 0) is 13.0 Å². The molecule has 3 aromatic rings. The molecule has 0 aliphatic heterocycles. The summed E-state index contributed by atoms with van der Waals surface area (Å²) in [6, 6.07) is 9.50. The van der Waals surface area contributed by atoms with Crippen LogP contribution < -0.4 is 5.32 Å². The quantitative estimate of drug-likeness (QED) is 0.755. The highest BCUT2D eigenvalue weighted by Crippen LogP contribution is 2.24. The molecule has 1 N–H and O–H groups in total. The second kappa shape index (κ2) is 5.62. The van der Waals surface area contributed by atoms with Gasteiger partial charge >= 0.3 is 0 Å². The molecule has 1 aliphatic rings. The molecule has 2 heterocycles. The smallest absolute Gasteiger partial charge is 0.0794 e. The monoisotopic (exact) mass is 297 g/mol. The lowest BCUT2D eigenvalue weighted by atomic mass is 10.1. The fraction of sp³-hybridized carbons (Fsp3) is 0.353. The van der Waals surface area contributed by atoms with Gasteiger partial charge in [0.1, 0.15) is 0 Å². The van der Waals surface area contributed by atoms with Crippen molar-refractivity contribution in [3.8, 4) is 0 Å². The van der Waals surface area contributed by atoms with Gasteiger partial charge in [0.25, 0.3) is 0 Å². The minimum Gasteiger partial charge on any atom is -0.342 e. The fourth-order valence-corrected chi connectivity index (χ4v) is 3.43. The van der Waals surface area contributed by atoms with E-state index in [9.17, 15) is 0 Å². The van der Waals surface area contributed by atoms with Crippen molar-refractivity contribution in [2.75, 3.05) is 6.54 Å². The maximum atomic E-state index is 4.18. The molecule has 108 valence electrons. The average Bonchev–Trinajstić information content (AvgIpc) is 3.07. The Morgan fingerprint density at radius 1 is 1.29 bits per heavy atom. The van der Waals surface area contributed by atoms with Crippen molar-refractivity contribution >= 4 is 22.2 Å². The van der Waals surface area contributed by atoms with Crippen molar-refractivity contribution in [1.82, 2.24) is 14.9 Å². The van der Waals surface area contributed by atoms with Gasteiger partial charge in [-0.15, -0.1) is 11.3 Å². The molecule has 0 saturated heterocycles. The van der Waals surface area contributed by atoms with Gasteiger partial charge in [-0.3, -0.25) is 4.98 Å². The van der Waals surface area contributed by atoms with Gasteiger partial charge in [0.15, 0.2) is 0 Å². The number of nitrogens with one attached hydrogen (secondary N) is 1. The normalized spacial score (nSPS) is 14.9. The third-order valence-corrected chi connectivity index (χ3v) is 4.85. The highest BCUT2D eigenvalue weighted by atomic mass is 32.1. The molecule has 0 radical (unpaired) electrons. The van der Waals surface area contributed by atoms with Crippen LogP contribution in [0.4, 0.5) is 0 Å². The van der Waals surface area contributed by atoms with Gasteiger partial charge in [-0.2, -0.15) is 0 Å². The molecule has 0 bridgehead atoms. The highest BCUT2D eigenvalue weighted by molar-refractivity contribution is 7.09. The predicted molar refractivity (Wildman–Crippen MR) is 87.9 cm³/mol. The number of benzene rings is 1. The van der Waals surface area contributed by atoms with Gasteiger partial charge in [0.2, 0.25) is 0 Å². The molecule has 0 unspecified atom stereocenters. The molecular weight excluding hydrogens is 278 g/mol. The summed E-state index contributed by atoms with van der Waals surface area (Å²) in [6.45, 7) is 2.00. The second-order valence-electron chi connectivity index (χ2n) is 5.75. The van der Waals surface area contributed by atoms with Crippen molar-refractivity contribution in [3.63, 3.8) is 0 Å². The number of hydrogen-bond donors (Lipinski definition) is 1. The summed E-state index contributed by atoms with van der Waals surface area (Å²) in [7, 11) is 0. The number of aromatic nitrogens is 2. The SMILES string of the molecule is c1ccc2c(c1)c(CCNC1CC1)cn2Cc1cncs1. The first-order valence-corrected chi connectivity index (χ1v) is 8.45. The second-order valence-corrected chi connectivity index (χ2v) is 6.72. The average molecular weight is 297 g/mol. The Bertz CT molecular complexity index is 726. The Morgan fingerprint density at radius 2 is 2.19 bits per heavy atom.